The van der Waals surface area contributed by atoms with Crippen LogP contribution in [0.15, 0.2) is 0 Å². The number of carboxylic acids is 1. The Balaban J connectivity index is 3.99. The third-order valence-electron chi connectivity index (χ3n) is 6.65. The van der Waals surface area contributed by atoms with Crippen molar-refractivity contribution >= 4 is 25.7 Å². The lowest BCUT2D eigenvalue weighted by molar-refractivity contribution is -0.147. The summed E-state index contributed by atoms with van der Waals surface area (Å²) in [6.45, 7) is 2.34. The number of hydrogen-bond donors (Lipinski definition) is 4. The molecule has 0 heterocycles. The number of amides is 1. The molecule has 11 nitrogen and oxygen atoms in total. The number of carbonyl (C=O) groups is 3. The summed E-state index contributed by atoms with van der Waals surface area (Å²) in [5, 5.41) is 21.4. The topological polar surface area (TPSA) is 169 Å². The predicted octanol–water partition coefficient (Wildman–Crippen LogP) is 6.05. The van der Waals surface area contributed by atoms with Crippen LogP contribution in [0.2, 0.25) is 0 Å². The van der Waals surface area contributed by atoms with E-state index in [1.54, 1.807) is 0 Å². The van der Waals surface area contributed by atoms with Gasteiger partial charge in [0.2, 0.25) is 5.91 Å². The molecule has 242 valence electrons. The molecule has 0 saturated heterocycles. The van der Waals surface area contributed by atoms with Gasteiger partial charge in [-0.2, -0.15) is 0 Å². The zero-order valence-electron chi connectivity index (χ0n) is 25.4. The molecule has 0 fully saturated rings. The normalized spacial score (nSPS) is 14.2. The molecule has 0 aliphatic rings. The van der Waals surface area contributed by atoms with Crippen LogP contribution >= 0.6 is 7.82 Å². The highest BCUT2D eigenvalue weighted by Gasteiger charge is 2.28. The van der Waals surface area contributed by atoms with Gasteiger partial charge in [-0.3, -0.25) is 18.6 Å². The summed E-state index contributed by atoms with van der Waals surface area (Å²) in [4.78, 5) is 45.0. The summed E-state index contributed by atoms with van der Waals surface area (Å²) in [7, 11) is -4.72. The molecule has 0 aliphatic carbocycles. The van der Waals surface area contributed by atoms with Gasteiger partial charge in [0, 0.05) is 12.8 Å². The Kier molecular flexibility index (Phi) is 25.2. The quantitative estimate of drug-likeness (QED) is 0.0445. The Bertz CT molecular complexity index is 736. The van der Waals surface area contributed by atoms with Crippen LogP contribution in [0.1, 0.15) is 136 Å². The van der Waals surface area contributed by atoms with Gasteiger partial charge in [0.25, 0.3) is 0 Å². The van der Waals surface area contributed by atoms with Crippen molar-refractivity contribution in [2.75, 3.05) is 19.8 Å². The lowest BCUT2D eigenvalue weighted by Gasteiger charge is -2.18. The number of nitrogens with one attached hydrogen (secondary N) is 1. The van der Waals surface area contributed by atoms with Crippen molar-refractivity contribution in [2.24, 2.45) is 0 Å². The number of hydrogen-bond acceptors (Lipinski definition) is 8. The molecule has 0 bridgehead atoms. The lowest BCUT2D eigenvalue weighted by Crippen LogP contribution is -2.43. The highest BCUT2D eigenvalue weighted by molar-refractivity contribution is 7.47. The minimum absolute atomic E-state index is 0.151. The molecule has 0 saturated carbocycles. The second-order valence-corrected chi connectivity index (χ2v) is 12.1. The zero-order chi connectivity index (χ0) is 30.8. The molecule has 0 radical (unpaired) electrons. The lowest BCUT2D eigenvalue weighted by atomic mass is 10.0. The van der Waals surface area contributed by atoms with Gasteiger partial charge < -0.3 is 25.2 Å². The fourth-order valence-corrected chi connectivity index (χ4v) is 4.91. The largest absolute Gasteiger partial charge is 0.480 e. The van der Waals surface area contributed by atoms with E-state index in [0.717, 1.165) is 32.1 Å². The van der Waals surface area contributed by atoms with Crippen molar-refractivity contribution < 1.29 is 47.8 Å². The van der Waals surface area contributed by atoms with Crippen LogP contribution in [-0.4, -0.2) is 64.9 Å². The van der Waals surface area contributed by atoms with Gasteiger partial charge in [-0.25, -0.2) is 9.36 Å². The third-order valence-corrected chi connectivity index (χ3v) is 7.60. The van der Waals surface area contributed by atoms with E-state index in [1.165, 1.54) is 64.2 Å². The third kappa shape index (κ3) is 25.9. The van der Waals surface area contributed by atoms with E-state index in [2.05, 4.69) is 16.8 Å². The number of phosphoric acid groups is 1. The molecule has 0 aromatic heterocycles. The predicted molar refractivity (Wildman–Crippen MR) is 157 cm³/mol. The standard InChI is InChI=1S/C29H56NO10P/c1-3-5-7-8-9-10-11-12-13-14-15-16-17-19-20-27(32)30-26(29(34)35)24-40-41(36,37)39-23-25(31)22-38-28(33)21-18-6-4-2/h25-26,31H,3-24H2,1-2H3,(H,30,32)(H,34,35)(H,36,37). The molecule has 3 atom stereocenters. The molecule has 0 aromatic rings. The van der Waals surface area contributed by atoms with Crippen molar-refractivity contribution in [3.8, 4) is 0 Å². The molecule has 0 aliphatic heterocycles. The SMILES string of the molecule is CCCCCCCCCCCCCCCCC(=O)NC(COP(=O)(O)OCC(O)COC(=O)CCCCC)C(=O)O. The smallest absolute Gasteiger partial charge is 0.472 e. The van der Waals surface area contributed by atoms with E-state index in [-0.39, 0.29) is 12.8 Å². The average Bonchev–Trinajstić information content (AvgIpc) is 2.93. The van der Waals surface area contributed by atoms with Gasteiger partial charge in [-0.15, -0.1) is 0 Å². The van der Waals surface area contributed by atoms with Gasteiger partial charge in [-0.1, -0.05) is 110 Å². The summed E-state index contributed by atoms with van der Waals surface area (Å²) in [5.74, 6) is -2.39. The van der Waals surface area contributed by atoms with E-state index in [4.69, 9.17) is 9.26 Å². The van der Waals surface area contributed by atoms with Gasteiger partial charge in [0.05, 0.1) is 13.2 Å². The number of unbranched alkanes of at least 4 members (excludes halogenated alkanes) is 15. The van der Waals surface area contributed by atoms with Crippen molar-refractivity contribution in [1.82, 2.24) is 5.32 Å². The first-order chi connectivity index (χ1) is 19.6. The number of rotatable bonds is 29. The Morgan fingerprint density at radius 2 is 1.12 bits per heavy atom. The number of aliphatic hydroxyl groups excluding tert-OH is 1. The number of esters is 1. The van der Waals surface area contributed by atoms with Gasteiger partial charge in [0.1, 0.15) is 12.7 Å². The minimum atomic E-state index is -4.72. The fraction of sp³-hybridized carbons (Fsp3) is 0.897. The van der Waals surface area contributed by atoms with Crippen LogP contribution in [0.4, 0.5) is 0 Å². The van der Waals surface area contributed by atoms with Crippen molar-refractivity contribution in [2.45, 2.75) is 148 Å². The highest BCUT2D eigenvalue weighted by Crippen LogP contribution is 2.43. The number of phosphoric ester groups is 1. The molecule has 0 spiro atoms. The van der Waals surface area contributed by atoms with E-state index in [9.17, 15) is 34.1 Å². The number of aliphatic carboxylic acids is 1. The second kappa shape index (κ2) is 26.1. The summed E-state index contributed by atoms with van der Waals surface area (Å²) < 4.78 is 26.3. The first-order valence-electron chi connectivity index (χ1n) is 15.6. The van der Waals surface area contributed by atoms with E-state index >= 15 is 0 Å². The molecule has 12 heteroatoms. The molecule has 0 rings (SSSR count). The Labute approximate surface area is 246 Å². The minimum Gasteiger partial charge on any atom is -0.480 e. The number of ether oxygens (including phenoxy) is 1. The van der Waals surface area contributed by atoms with Crippen molar-refractivity contribution in [1.29, 1.82) is 0 Å². The van der Waals surface area contributed by atoms with Crippen LogP contribution in [0, 0.1) is 0 Å². The van der Waals surface area contributed by atoms with Crippen LogP contribution in [0.3, 0.4) is 0 Å². The molecular formula is C29H56NO10P. The second-order valence-electron chi connectivity index (χ2n) is 10.7. The fourth-order valence-electron chi connectivity index (χ4n) is 4.14. The molecule has 4 N–H and O–H groups in total. The number of carbonyl (C=O) groups excluding carboxylic acids is 2. The Hall–Kier alpha value is -1.52. The van der Waals surface area contributed by atoms with Crippen LogP contribution in [0.5, 0.6) is 0 Å². The molecule has 3 unspecified atom stereocenters. The van der Waals surface area contributed by atoms with Gasteiger partial charge in [-0.05, 0) is 12.8 Å². The van der Waals surface area contributed by atoms with Gasteiger partial charge >= 0.3 is 19.8 Å². The highest BCUT2D eigenvalue weighted by atomic mass is 31.2. The molecule has 0 aromatic carbocycles. The van der Waals surface area contributed by atoms with Crippen LogP contribution < -0.4 is 5.32 Å². The van der Waals surface area contributed by atoms with Gasteiger partial charge in [0.15, 0.2) is 6.04 Å². The maximum atomic E-state index is 12.2. The maximum absolute atomic E-state index is 12.2. The first kappa shape index (κ1) is 39.5. The monoisotopic (exact) mass is 609 g/mol. The van der Waals surface area contributed by atoms with Crippen LogP contribution in [0.25, 0.3) is 0 Å². The average molecular weight is 610 g/mol. The molecule has 1 amide bonds. The summed E-state index contributed by atoms with van der Waals surface area (Å²) in [5.41, 5.74) is 0. The zero-order valence-corrected chi connectivity index (χ0v) is 26.3. The van der Waals surface area contributed by atoms with Crippen molar-refractivity contribution in [3.63, 3.8) is 0 Å². The van der Waals surface area contributed by atoms with Crippen molar-refractivity contribution in [3.05, 3.63) is 0 Å². The molecule has 41 heavy (non-hydrogen) atoms. The number of aliphatic hydroxyl groups is 1. The van der Waals surface area contributed by atoms with E-state index in [1.807, 2.05) is 6.92 Å². The Morgan fingerprint density at radius 3 is 1.63 bits per heavy atom. The maximum Gasteiger partial charge on any atom is 0.472 e. The van der Waals surface area contributed by atoms with E-state index < -0.39 is 57.6 Å². The van der Waals surface area contributed by atoms with Crippen LogP contribution in [-0.2, 0) is 32.7 Å². The summed E-state index contributed by atoms with van der Waals surface area (Å²) in [6.07, 6.45) is 18.1. The molecular weight excluding hydrogens is 553 g/mol. The Morgan fingerprint density at radius 1 is 0.683 bits per heavy atom. The summed E-state index contributed by atoms with van der Waals surface area (Å²) >= 11 is 0. The van der Waals surface area contributed by atoms with E-state index in [0.29, 0.717) is 12.8 Å². The number of carboxylic acid groups (broad SMARTS) is 1. The first-order valence-corrected chi connectivity index (χ1v) is 17.1. The summed E-state index contributed by atoms with van der Waals surface area (Å²) in [6, 6.07) is -1.53.